The minimum absolute atomic E-state index is 0.165. The summed E-state index contributed by atoms with van der Waals surface area (Å²) < 4.78 is 1.78. The van der Waals surface area contributed by atoms with Crippen molar-refractivity contribution >= 4 is 27.5 Å². The number of rotatable bonds is 3. The van der Waals surface area contributed by atoms with Gasteiger partial charge in [0.05, 0.1) is 11.9 Å². The predicted octanol–water partition coefficient (Wildman–Crippen LogP) is 1.75. The molecule has 6 nitrogen and oxygen atoms in total. The molecule has 0 bridgehead atoms. The van der Waals surface area contributed by atoms with Crippen LogP contribution in [0.15, 0.2) is 15.5 Å². The van der Waals surface area contributed by atoms with E-state index in [4.69, 9.17) is 0 Å². The Kier molecular flexibility index (Phi) is 4.52. The summed E-state index contributed by atoms with van der Waals surface area (Å²) in [6.45, 7) is 1.50. The molecule has 1 unspecified atom stereocenters. The van der Waals surface area contributed by atoms with E-state index in [9.17, 15) is 9.59 Å². The lowest BCUT2D eigenvalue weighted by molar-refractivity contribution is -0.134. The Morgan fingerprint density at radius 1 is 1.36 bits per heavy atom. The quantitative estimate of drug-likeness (QED) is 0.882. The molecule has 1 atom stereocenters. The van der Waals surface area contributed by atoms with Gasteiger partial charge in [-0.1, -0.05) is 12.8 Å². The van der Waals surface area contributed by atoms with Crippen LogP contribution < -0.4 is 10.9 Å². The van der Waals surface area contributed by atoms with Crippen LogP contribution in [0.3, 0.4) is 0 Å². The highest BCUT2D eigenvalue weighted by Gasteiger charge is 2.32. The van der Waals surface area contributed by atoms with E-state index in [1.807, 2.05) is 4.90 Å². The van der Waals surface area contributed by atoms with Crippen molar-refractivity contribution in [3.05, 3.63) is 21.0 Å². The SMILES string of the molecule is Cn1ncc(NC2CCN(C(=O)C3CCCC3)C2)c(Br)c1=O. The van der Waals surface area contributed by atoms with Gasteiger partial charge in [0, 0.05) is 32.1 Å². The molecule has 2 fully saturated rings. The molecule has 1 saturated carbocycles. The van der Waals surface area contributed by atoms with Gasteiger partial charge >= 0.3 is 0 Å². The second-order valence-electron chi connectivity index (χ2n) is 6.20. The van der Waals surface area contributed by atoms with Crippen molar-refractivity contribution in [1.82, 2.24) is 14.7 Å². The molecule has 0 spiro atoms. The molecule has 1 aliphatic carbocycles. The second-order valence-corrected chi connectivity index (χ2v) is 6.99. The molecular formula is C15H21BrN4O2. The van der Waals surface area contributed by atoms with Gasteiger partial charge in [0.2, 0.25) is 5.91 Å². The number of carbonyl (C=O) groups is 1. The van der Waals surface area contributed by atoms with Crippen LogP contribution in [-0.4, -0.2) is 39.7 Å². The van der Waals surface area contributed by atoms with Gasteiger partial charge in [-0.15, -0.1) is 0 Å². The number of nitrogens with zero attached hydrogens (tertiary/aromatic N) is 3. The minimum Gasteiger partial charge on any atom is -0.378 e. The van der Waals surface area contributed by atoms with Crippen molar-refractivity contribution in [2.45, 2.75) is 38.1 Å². The Hall–Kier alpha value is -1.37. The molecule has 3 rings (SSSR count). The second kappa shape index (κ2) is 6.40. The van der Waals surface area contributed by atoms with Crippen LogP contribution in [0, 0.1) is 5.92 Å². The van der Waals surface area contributed by atoms with E-state index in [0.717, 1.165) is 25.8 Å². The first-order valence-corrected chi connectivity index (χ1v) is 8.62. The molecule has 1 aliphatic heterocycles. The van der Waals surface area contributed by atoms with Crippen LogP contribution >= 0.6 is 15.9 Å². The molecule has 2 aliphatic rings. The first-order valence-electron chi connectivity index (χ1n) is 7.83. The average molecular weight is 369 g/mol. The van der Waals surface area contributed by atoms with E-state index in [2.05, 4.69) is 26.3 Å². The molecule has 0 radical (unpaired) electrons. The third kappa shape index (κ3) is 3.04. The highest BCUT2D eigenvalue weighted by molar-refractivity contribution is 9.10. The van der Waals surface area contributed by atoms with Crippen LogP contribution in [0.25, 0.3) is 0 Å². The molecular weight excluding hydrogens is 348 g/mol. The lowest BCUT2D eigenvalue weighted by Crippen LogP contribution is -2.35. The van der Waals surface area contributed by atoms with Crippen LogP contribution in [0.1, 0.15) is 32.1 Å². The summed E-state index contributed by atoms with van der Waals surface area (Å²) in [5, 5.41) is 7.37. The summed E-state index contributed by atoms with van der Waals surface area (Å²) in [4.78, 5) is 26.3. The van der Waals surface area contributed by atoms with Gasteiger partial charge in [-0.3, -0.25) is 9.59 Å². The van der Waals surface area contributed by atoms with Crippen LogP contribution in [0.4, 0.5) is 5.69 Å². The fraction of sp³-hybridized carbons (Fsp3) is 0.667. The van der Waals surface area contributed by atoms with Crippen molar-refractivity contribution in [1.29, 1.82) is 0 Å². The number of aromatic nitrogens is 2. The third-order valence-corrected chi connectivity index (χ3v) is 5.41. The van der Waals surface area contributed by atoms with Gasteiger partial charge < -0.3 is 10.2 Å². The zero-order valence-corrected chi connectivity index (χ0v) is 14.3. The maximum atomic E-state index is 12.4. The largest absolute Gasteiger partial charge is 0.378 e. The van der Waals surface area contributed by atoms with Gasteiger partial charge in [-0.25, -0.2) is 4.68 Å². The van der Waals surface area contributed by atoms with E-state index in [-0.39, 0.29) is 17.5 Å². The van der Waals surface area contributed by atoms with Crippen LogP contribution in [-0.2, 0) is 11.8 Å². The normalized spacial score (nSPS) is 22.3. The number of amides is 1. The first kappa shape index (κ1) is 15.5. The summed E-state index contributed by atoms with van der Waals surface area (Å²) >= 11 is 3.32. The number of halogens is 1. The zero-order valence-electron chi connectivity index (χ0n) is 12.7. The lowest BCUT2D eigenvalue weighted by atomic mass is 10.1. The Morgan fingerprint density at radius 2 is 2.09 bits per heavy atom. The molecule has 1 saturated heterocycles. The molecule has 1 aromatic heterocycles. The Labute approximate surface area is 138 Å². The van der Waals surface area contributed by atoms with Crippen molar-refractivity contribution in [3.63, 3.8) is 0 Å². The lowest BCUT2D eigenvalue weighted by Gasteiger charge is -2.21. The molecule has 1 amide bonds. The van der Waals surface area contributed by atoms with E-state index >= 15 is 0 Å². The van der Waals surface area contributed by atoms with Gasteiger partial charge in [0.25, 0.3) is 5.56 Å². The molecule has 7 heteroatoms. The average Bonchev–Trinajstić information content (AvgIpc) is 3.18. The Morgan fingerprint density at radius 3 is 2.82 bits per heavy atom. The minimum atomic E-state index is -0.165. The number of carbonyl (C=O) groups excluding carboxylic acids is 1. The molecule has 1 N–H and O–H groups in total. The number of anilines is 1. The molecule has 120 valence electrons. The highest BCUT2D eigenvalue weighted by Crippen LogP contribution is 2.28. The van der Waals surface area contributed by atoms with Gasteiger partial charge in [-0.05, 0) is 35.2 Å². The Balaban J connectivity index is 1.62. The summed E-state index contributed by atoms with van der Waals surface area (Å²) in [6, 6.07) is 0.176. The van der Waals surface area contributed by atoms with Crippen LogP contribution in [0.5, 0.6) is 0 Å². The molecule has 0 aromatic carbocycles. The van der Waals surface area contributed by atoms with E-state index in [1.54, 1.807) is 13.2 Å². The van der Waals surface area contributed by atoms with Crippen molar-refractivity contribution in [3.8, 4) is 0 Å². The fourth-order valence-corrected chi connectivity index (χ4v) is 3.81. The number of hydrogen-bond acceptors (Lipinski definition) is 4. The number of likely N-dealkylation sites (tertiary alicyclic amines) is 1. The molecule has 2 heterocycles. The van der Waals surface area contributed by atoms with E-state index in [1.165, 1.54) is 17.5 Å². The summed E-state index contributed by atoms with van der Waals surface area (Å²) in [6.07, 6.45) is 6.98. The molecule has 22 heavy (non-hydrogen) atoms. The highest BCUT2D eigenvalue weighted by atomic mass is 79.9. The number of hydrogen-bond donors (Lipinski definition) is 1. The zero-order chi connectivity index (χ0) is 15.7. The van der Waals surface area contributed by atoms with Crippen molar-refractivity contribution in [2.75, 3.05) is 18.4 Å². The number of aryl methyl sites for hydroxylation is 1. The standard InChI is InChI=1S/C15H21BrN4O2/c1-19-15(22)13(16)12(8-17-19)18-11-6-7-20(9-11)14(21)10-4-2-3-5-10/h8,10-11,18H,2-7,9H2,1H3. The maximum Gasteiger partial charge on any atom is 0.282 e. The van der Waals surface area contributed by atoms with Gasteiger partial charge in [0.15, 0.2) is 0 Å². The van der Waals surface area contributed by atoms with Gasteiger partial charge in [0.1, 0.15) is 4.47 Å². The summed E-state index contributed by atoms with van der Waals surface area (Å²) in [5.74, 6) is 0.541. The van der Waals surface area contributed by atoms with Crippen LogP contribution in [0.2, 0.25) is 0 Å². The van der Waals surface area contributed by atoms with E-state index in [0.29, 0.717) is 22.6 Å². The number of nitrogens with one attached hydrogen (secondary N) is 1. The molecule has 1 aromatic rings. The van der Waals surface area contributed by atoms with Gasteiger partial charge in [-0.2, -0.15) is 5.10 Å². The Bertz CT molecular complexity index is 624. The summed E-state index contributed by atoms with van der Waals surface area (Å²) in [7, 11) is 1.62. The summed E-state index contributed by atoms with van der Waals surface area (Å²) in [5.41, 5.74) is 0.533. The smallest absolute Gasteiger partial charge is 0.282 e. The van der Waals surface area contributed by atoms with Crippen molar-refractivity contribution < 1.29 is 4.79 Å². The first-order chi connectivity index (χ1) is 10.6. The fourth-order valence-electron chi connectivity index (χ4n) is 3.34. The topological polar surface area (TPSA) is 67.2 Å². The maximum absolute atomic E-state index is 12.4. The predicted molar refractivity (Wildman–Crippen MR) is 87.7 cm³/mol. The van der Waals surface area contributed by atoms with E-state index < -0.39 is 0 Å². The third-order valence-electron chi connectivity index (χ3n) is 4.64. The monoisotopic (exact) mass is 368 g/mol. The van der Waals surface area contributed by atoms with Crippen molar-refractivity contribution in [2.24, 2.45) is 13.0 Å².